The summed E-state index contributed by atoms with van der Waals surface area (Å²) in [5, 5.41) is 0.719. The van der Waals surface area contributed by atoms with Gasteiger partial charge in [0, 0.05) is 23.1 Å². The highest BCUT2D eigenvalue weighted by molar-refractivity contribution is 5.84. The lowest BCUT2D eigenvalue weighted by Crippen LogP contribution is -1.94. The molecule has 0 bridgehead atoms. The highest BCUT2D eigenvalue weighted by Gasteiger charge is 2.13. The van der Waals surface area contributed by atoms with E-state index in [-0.39, 0.29) is 5.58 Å². The quantitative estimate of drug-likeness (QED) is 0.264. The van der Waals surface area contributed by atoms with E-state index in [4.69, 9.17) is 10.8 Å². The molecule has 0 spiro atoms. The second-order valence-corrected chi connectivity index (χ2v) is 6.37. The van der Waals surface area contributed by atoms with Gasteiger partial charge in [0.1, 0.15) is 11.4 Å². The summed E-state index contributed by atoms with van der Waals surface area (Å²) in [5.41, 5.74) is 7.80. The molecule has 6 rings (SSSR count). The summed E-state index contributed by atoms with van der Waals surface area (Å²) in [7, 11) is 0. The van der Waals surface area contributed by atoms with Crippen molar-refractivity contribution in [2.75, 3.05) is 0 Å². The third kappa shape index (κ3) is 3.38. The van der Waals surface area contributed by atoms with Gasteiger partial charge < -0.3 is 4.42 Å². The molecule has 1 aromatic carbocycles. The number of hydrogen-bond donors (Lipinski definition) is 0. The zero-order valence-electron chi connectivity index (χ0n) is 14.6. The predicted molar refractivity (Wildman–Crippen MR) is 106 cm³/mol. The molecule has 4 aliphatic carbocycles. The van der Waals surface area contributed by atoms with Crippen LogP contribution in [0, 0.1) is 25.1 Å². The van der Waals surface area contributed by atoms with Gasteiger partial charge in [0.15, 0.2) is 0 Å². The fourth-order valence-electron chi connectivity index (χ4n) is 2.85. The Bertz CT molecular complexity index is 1280. The van der Waals surface area contributed by atoms with Crippen LogP contribution in [0.4, 0.5) is 4.39 Å². The molecule has 3 heteroatoms. The lowest BCUT2D eigenvalue weighted by molar-refractivity contribution is 0.554. The van der Waals surface area contributed by atoms with Crippen molar-refractivity contribution in [3.05, 3.63) is 94.1 Å². The normalized spacial score (nSPS) is 10.7. The maximum Gasteiger partial charge on any atom is 0.336 e. The van der Waals surface area contributed by atoms with Crippen LogP contribution in [0.15, 0.2) is 75.9 Å². The average molecular weight is 354 g/mol. The summed E-state index contributed by atoms with van der Waals surface area (Å²) >= 11 is 0. The largest absolute Gasteiger partial charge is 0.423 e. The number of hydrogen-bond acceptors (Lipinski definition) is 2. The fraction of sp³-hybridized carbons (Fsp3) is 0.0417. The number of benzene rings is 3. The number of fused-ring (bicyclic) bond motifs is 3. The molecule has 2 aromatic rings. The first-order valence-electron chi connectivity index (χ1n) is 8.46. The van der Waals surface area contributed by atoms with Gasteiger partial charge >= 0.3 is 5.63 Å². The second kappa shape index (κ2) is 6.59. The zero-order valence-corrected chi connectivity index (χ0v) is 14.6. The minimum atomic E-state index is -0.465. The van der Waals surface area contributed by atoms with E-state index in [1.807, 2.05) is 12.1 Å². The van der Waals surface area contributed by atoms with Gasteiger partial charge in [0.2, 0.25) is 0 Å². The van der Waals surface area contributed by atoms with Crippen LogP contribution in [0.1, 0.15) is 11.1 Å². The Morgan fingerprint density at radius 1 is 0.889 bits per heavy atom. The van der Waals surface area contributed by atoms with E-state index in [0.717, 1.165) is 10.9 Å². The molecule has 0 saturated carbocycles. The molecule has 1 heterocycles. The molecule has 0 saturated heterocycles. The minimum absolute atomic E-state index is 0.280. The molecule has 0 fully saturated rings. The lowest BCUT2D eigenvalue weighted by Gasteiger charge is -2.16. The zero-order chi connectivity index (χ0) is 19.0. The van der Waals surface area contributed by atoms with Crippen molar-refractivity contribution in [3.8, 4) is 34.6 Å². The highest BCUT2D eigenvalue weighted by Crippen LogP contribution is 2.37. The van der Waals surface area contributed by atoms with Crippen molar-refractivity contribution in [1.29, 1.82) is 0 Å². The van der Waals surface area contributed by atoms with Crippen molar-refractivity contribution < 1.29 is 8.81 Å². The molecule has 0 unspecified atom stereocenters. The second-order valence-electron chi connectivity index (χ2n) is 6.37. The molecule has 27 heavy (non-hydrogen) atoms. The Morgan fingerprint density at radius 3 is 2.07 bits per heavy atom. The van der Waals surface area contributed by atoms with Gasteiger partial charge in [-0.1, -0.05) is 30.2 Å². The maximum absolute atomic E-state index is 12.6. The summed E-state index contributed by atoms with van der Waals surface area (Å²) in [6.07, 6.45) is 5.13. The van der Waals surface area contributed by atoms with Crippen LogP contribution in [-0.2, 0) is 0 Å². The van der Waals surface area contributed by atoms with Gasteiger partial charge in [-0.05, 0) is 65.1 Å². The van der Waals surface area contributed by atoms with Crippen molar-refractivity contribution in [1.82, 2.24) is 0 Å². The summed E-state index contributed by atoms with van der Waals surface area (Å²) < 4.78 is 17.4. The van der Waals surface area contributed by atoms with Crippen LogP contribution < -0.4 is 5.63 Å². The van der Waals surface area contributed by atoms with E-state index in [1.54, 1.807) is 12.1 Å². The SMILES string of the molecule is C#Cc1cc2ccc1-2.Cc1ccc2cc1-2.O=c1ccc2ccc(F)cc2o1. The van der Waals surface area contributed by atoms with E-state index in [2.05, 4.69) is 37.1 Å². The standard InChI is InChI=1S/C9H5FO2.C8H4.C7H6/c10-7-3-1-6-2-4-9(11)12-8(6)5-7;1-2-6-5-7-3-4-8(6)7;1-5-2-3-6-4-7(5)6/h1-5H;1,3-5H;2-4H,1H3. The summed E-state index contributed by atoms with van der Waals surface area (Å²) in [6, 6.07) is 19.6. The summed E-state index contributed by atoms with van der Waals surface area (Å²) in [6.45, 7) is 2.14. The molecule has 0 atom stereocenters. The average Bonchev–Trinajstić information content (AvgIpc) is 3.34. The van der Waals surface area contributed by atoms with Gasteiger partial charge in [-0.15, -0.1) is 6.42 Å². The molecule has 1 aromatic heterocycles. The van der Waals surface area contributed by atoms with E-state index in [9.17, 15) is 9.18 Å². The van der Waals surface area contributed by atoms with Crippen LogP contribution in [0.25, 0.3) is 33.2 Å². The third-order valence-electron chi connectivity index (χ3n) is 4.54. The van der Waals surface area contributed by atoms with Crippen molar-refractivity contribution in [3.63, 3.8) is 0 Å². The van der Waals surface area contributed by atoms with Gasteiger partial charge in [0.05, 0.1) is 0 Å². The van der Waals surface area contributed by atoms with Crippen LogP contribution in [0.5, 0.6) is 0 Å². The van der Waals surface area contributed by atoms with Gasteiger partial charge in [-0.3, -0.25) is 0 Å². The van der Waals surface area contributed by atoms with Crippen LogP contribution in [0.3, 0.4) is 0 Å². The van der Waals surface area contributed by atoms with Gasteiger partial charge in [-0.2, -0.15) is 0 Å². The predicted octanol–water partition coefficient (Wildman–Crippen LogP) is 5.56. The number of aryl methyl sites for hydroxylation is 1. The summed E-state index contributed by atoms with van der Waals surface area (Å²) in [4.78, 5) is 10.7. The van der Waals surface area contributed by atoms with Crippen LogP contribution in [0.2, 0.25) is 0 Å². The topological polar surface area (TPSA) is 30.2 Å². The van der Waals surface area contributed by atoms with Crippen molar-refractivity contribution >= 4 is 11.0 Å². The van der Waals surface area contributed by atoms with E-state index < -0.39 is 11.4 Å². The van der Waals surface area contributed by atoms with E-state index in [1.165, 1.54) is 46.0 Å². The lowest BCUT2D eigenvalue weighted by atomic mass is 9.87. The molecular weight excluding hydrogens is 339 g/mol. The molecule has 0 N–H and O–H groups in total. The van der Waals surface area contributed by atoms with Crippen LogP contribution in [-0.4, -0.2) is 0 Å². The molecule has 0 radical (unpaired) electrons. The van der Waals surface area contributed by atoms with Crippen molar-refractivity contribution in [2.24, 2.45) is 0 Å². The smallest absolute Gasteiger partial charge is 0.336 e. The number of rotatable bonds is 0. The minimum Gasteiger partial charge on any atom is -0.423 e. The molecule has 130 valence electrons. The fourth-order valence-corrected chi connectivity index (χ4v) is 2.85. The van der Waals surface area contributed by atoms with Gasteiger partial charge in [0.25, 0.3) is 0 Å². The monoisotopic (exact) mass is 354 g/mol. The molecule has 4 aliphatic rings. The Kier molecular flexibility index (Phi) is 4.10. The Hall–Kier alpha value is -3.64. The highest BCUT2D eigenvalue weighted by atomic mass is 19.1. The Morgan fingerprint density at radius 2 is 1.63 bits per heavy atom. The van der Waals surface area contributed by atoms with Crippen LogP contribution >= 0.6 is 0 Å². The first-order chi connectivity index (χ1) is 13.0. The molecule has 0 amide bonds. The summed E-state index contributed by atoms with van der Waals surface area (Å²) in [5.74, 6) is 2.18. The third-order valence-corrected chi connectivity index (χ3v) is 4.54. The van der Waals surface area contributed by atoms with E-state index >= 15 is 0 Å². The van der Waals surface area contributed by atoms with Crippen molar-refractivity contribution in [2.45, 2.75) is 6.92 Å². The maximum atomic E-state index is 12.6. The number of terminal acetylenes is 1. The molecular formula is C24H15FO2. The van der Waals surface area contributed by atoms with Gasteiger partial charge in [-0.25, -0.2) is 9.18 Å². The Labute approximate surface area is 155 Å². The first-order valence-corrected chi connectivity index (χ1v) is 8.46. The molecule has 0 aliphatic heterocycles. The first kappa shape index (κ1) is 16.8. The Balaban J connectivity index is 0.000000104. The number of halogens is 1. The molecule has 2 nitrogen and oxygen atoms in total. The van der Waals surface area contributed by atoms with E-state index in [0.29, 0.717) is 0 Å².